The van der Waals surface area contributed by atoms with Crippen molar-refractivity contribution in [3.8, 4) is 0 Å². The van der Waals surface area contributed by atoms with E-state index in [1.807, 2.05) is 0 Å². The van der Waals surface area contributed by atoms with Gasteiger partial charge in [0.05, 0.1) is 0 Å². The maximum Gasteiger partial charge on any atom is 0.333 e. The quantitative estimate of drug-likeness (QED) is 0.378. The molecule has 6 heteroatoms. The second-order valence-corrected chi connectivity index (χ2v) is 5.22. The molecular weight excluding hydrogens is 208 g/mol. The van der Waals surface area contributed by atoms with E-state index in [9.17, 15) is 13.2 Å². The maximum atomic E-state index is 11.1. The van der Waals surface area contributed by atoms with Crippen molar-refractivity contribution in [1.82, 2.24) is 0 Å². The molecule has 0 N–H and O–H groups in total. The minimum Gasteiger partial charge on any atom is -0.452 e. The molecule has 1 aliphatic rings. The average Bonchev–Trinajstić information content (AvgIpc) is 2.25. The Hall–Kier alpha value is -0.880. The summed E-state index contributed by atoms with van der Waals surface area (Å²) >= 11 is 0. The zero-order valence-electron chi connectivity index (χ0n) is 8.07. The van der Waals surface area contributed by atoms with Crippen LogP contribution in [0.4, 0.5) is 0 Å². The second-order valence-electron chi connectivity index (χ2n) is 3.58. The van der Waals surface area contributed by atoms with Crippen LogP contribution in [0.2, 0.25) is 0 Å². The smallest absolute Gasteiger partial charge is 0.333 e. The van der Waals surface area contributed by atoms with Crippen LogP contribution >= 0.6 is 0 Å². The monoisotopic (exact) mass is 220 g/mol. The molecule has 0 aromatic rings. The molecule has 0 radical (unpaired) electrons. The molecule has 0 amide bonds. The number of rotatable bonds is 2. The summed E-state index contributed by atoms with van der Waals surface area (Å²) in [6.45, 7) is 6.28. The molecule has 14 heavy (non-hydrogen) atoms. The van der Waals surface area contributed by atoms with Crippen LogP contribution in [0.1, 0.15) is 13.8 Å². The maximum absolute atomic E-state index is 11.1. The minimum absolute atomic E-state index is 0.131. The highest BCUT2D eigenvalue weighted by Gasteiger charge is 2.43. The predicted octanol–water partition coefficient (Wildman–Crippen LogP) is 0.224. The van der Waals surface area contributed by atoms with Gasteiger partial charge in [0.25, 0.3) is 10.1 Å². The van der Waals surface area contributed by atoms with Gasteiger partial charge < -0.3 is 4.74 Å². The molecular formula is C8H12O5S. The van der Waals surface area contributed by atoms with Crippen molar-refractivity contribution in [2.24, 2.45) is 0 Å². The van der Waals surface area contributed by atoms with Crippen LogP contribution < -0.4 is 0 Å². The number of carbonyl (C=O) groups excluding carboxylic acids is 1. The number of hydrogen-bond acceptors (Lipinski definition) is 5. The molecule has 0 aliphatic carbocycles. The average molecular weight is 220 g/mol. The van der Waals surface area contributed by atoms with Gasteiger partial charge in [0.15, 0.2) is 5.60 Å². The van der Waals surface area contributed by atoms with Gasteiger partial charge in [0, 0.05) is 5.57 Å². The van der Waals surface area contributed by atoms with Gasteiger partial charge in [-0.05, 0) is 13.8 Å². The zero-order valence-corrected chi connectivity index (χ0v) is 8.89. The third-order valence-electron chi connectivity index (χ3n) is 1.71. The lowest BCUT2D eigenvalue weighted by molar-refractivity contribution is -0.151. The van der Waals surface area contributed by atoms with Gasteiger partial charge in [0.1, 0.15) is 12.4 Å². The summed E-state index contributed by atoms with van der Waals surface area (Å²) in [5, 5.41) is 0. The van der Waals surface area contributed by atoms with E-state index in [1.165, 1.54) is 13.8 Å². The lowest BCUT2D eigenvalue weighted by atomic mass is 10.1. The summed E-state index contributed by atoms with van der Waals surface area (Å²) in [7, 11) is -3.53. The predicted molar refractivity (Wildman–Crippen MR) is 49.0 cm³/mol. The fourth-order valence-corrected chi connectivity index (χ4v) is 2.44. The van der Waals surface area contributed by atoms with E-state index in [1.54, 1.807) is 0 Å². The Labute approximate surface area is 82.8 Å². The van der Waals surface area contributed by atoms with E-state index >= 15 is 0 Å². The first-order chi connectivity index (χ1) is 6.24. The molecule has 1 rings (SSSR count). The topological polar surface area (TPSA) is 69.7 Å². The Morgan fingerprint density at radius 1 is 1.57 bits per heavy atom. The van der Waals surface area contributed by atoms with Crippen LogP contribution in [0.25, 0.3) is 0 Å². The normalized spacial score (nSPS) is 29.9. The fraction of sp³-hybridized carbons (Fsp3) is 0.625. The van der Waals surface area contributed by atoms with Crippen molar-refractivity contribution in [3.05, 3.63) is 12.2 Å². The van der Waals surface area contributed by atoms with Gasteiger partial charge in [-0.1, -0.05) is 6.58 Å². The molecule has 1 aliphatic heterocycles. The van der Waals surface area contributed by atoms with E-state index in [2.05, 4.69) is 10.8 Å². The van der Waals surface area contributed by atoms with E-state index in [0.717, 1.165) is 0 Å². The fourth-order valence-electron chi connectivity index (χ4n) is 1.04. The third-order valence-corrected chi connectivity index (χ3v) is 3.15. The first-order valence-corrected chi connectivity index (χ1v) is 5.58. The lowest BCUT2D eigenvalue weighted by Crippen LogP contribution is -2.35. The van der Waals surface area contributed by atoms with Crippen LogP contribution in [0.15, 0.2) is 12.2 Å². The van der Waals surface area contributed by atoms with Crippen LogP contribution in [-0.2, 0) is 23.8 Å². The zero-order chi connectivity index (χ0) is 11.0. The highest BCUT2D eigenvalue weighted by atomic mass is 32.2. The molecule has 0 saturated carbocycles. The Morgan fingerprint density at radius 2 is 2.14 bits per heavy atom. The van der Waals surface area contributed by atoms with E-state index in [0.29, 0.717) is 0 Å². The van der Waals surface area contributed by atoms with Gasteiger partial charge in [-0.15, -0.1) is 0 Å². The van der Waals surface area contributed by atoms with Gasteiger partial charge >= 0.3 is 5.97 Å². The molecule has 0 aromatic heterocycles. The molecule has 1 atom stereocenters. The molecule has 80 valence electrons. The summed E-state index contributed by atoms with van der Waals surface area (Å²) in [5.41, 5.74) is -0.856. The largest absolute Gasteiger partial charge is 0.452 e. The first-order valence-electron chi connectivity index (χ1n) is 4.00. The van der Waals surface area contributed by atoms with Gasteiger partial charge in [-0.3, -0.25) is 4.18 Å². The van der Waals surface area contributed by atoms with Crippen LogP contribution in [0, 0.1) is 0 Å². The van der Waals surface area contributed by atoms with Crippen molar-refractivity contribution < 1.29 is 22.1 Å². The lowest BCUT2D eigenvalue weighted by Gasteiger charge is -2.20. The highest BCUT2D eigenvalue weighted by Crippen LogP contribution is 2.24. The van der Waals surface area contributed by atoms with E-state index in [4.69, 9.17) is 4.74 Å². The molecule has 5 nitrogen and oxygen atoms in total. The summed E-state index contributed by atoms with van der Waals surface area (Å²) < 4.78 is 31.4. The molecule has 1 heterocycles. The minimum atomic E-state index is -3.53. The second kappa shape index (κ2) is 3.36. The van der Waals surface area contributed by atoms with Crippen molar-refractivity contribution in [3.63, 3.8) is 0 Å². The van der Waals surface area contributed by atoms with Crippen LogP contribution in [0.5, 0.6) is 0 Å². The molecule has 1 saturated heterocycles. The van der Waals surface area contributed by atoms with Crippen molar-refractivity contribution in [2.45, 2.75) is 19.4 Å². The number of esters is 1. The summed E-state index contributed by atoms with van der Waals surface area (Å²) in [4.78, 5) is 11.1. The number of carbonyl (C=O) groups is 1. The molecule has 0 bridgehead atoms. The van der Waals surface area contributed by atoms with Crippen LogP contribution in [0.3, 0.4) is 0 Å². The molecule has 0 spiro atoms. The third kappa shape index (κ3) is 2.55. The van der Waals surface area contributed by atoms with Crippen LogP contribution in [-0.4, -0.2) is 32.3 Å². The Bertz CT molecular complexity index is 369. The Balaban J connectivity index is 2.71. The van der Waals surface area contributed by atoms with E-state index in [-0.39, 0.29) is 17.9 Å². The Kier molecular flexibility index (Phi) is 2.69. The van der Waals surface area contributed by atoms with Crippen molar-refractivity contribution in [1.29, 1.82) is 0 Å². The summed E-state index contributed by atoms with van der Waals surface area (Å²) in [6.07, 6.45) is 0. The summed E-state index contributed by atoms with van der Waals surface area (Å²) in [6, 6.07) is 0. The van der Waals surface area contributed by atoms with Crippen molar-refractivity contribution in [2.75, 3.05) is 12.4 Å². The molecule has 0 aromatic carbocycles. The Morgan fingerprint density at radius 3 is 2.50 bits per heavy atom. The summed E-state index contributed by atoms with van der Waals surface area (Å²) in [5.74, 6) is -0.910. The molecule has 1 unspecified atom stereocenters. The van der Waals surface area contributed by atoms with Gasteiger partial charge in [-0.2, -0.15) is 8.42 Å². The number of hydrogen-bond donors (Lipinski definition) is 0. The number of ether oxygens (including phenoxy) is 1. The molecule has 1 fully saturated rings. The van der Waals surface area contributed by atoms with E-state index < -0.39 is 21.7 Å². The van der Waals surface area contributed by atoms with Gasteiger partial charge in [0.2, 0.25) is 0 Å². The first kappa shape index (κ1) is 11.2. The van der Waals surface area contributed by atoms with Gasteiger partial charge in [-0.25, -0.2) is 4.79 Å². The standard InChI is InChI=1S/C8H12O5S/c1-6(2)7(9)13-8(3)4-12-14(10,11)5-8/h1,4-5H2,2-3H3. The SMILES string of the molecule is C=C(C)C(=O)OC1(C)COS(=O)(=O)C1. The highest BCUT2D eigenvalue weighted by molar-refractivity contribution is 7.87. The van der Waals surface area contributed by atoms with Crippen molar-refractivity contribution >= 4 is 16.1 Å².